The maximum absolute atomic E-state index is 12.7. The standard InChI is InChI=1S/C22H31N3O3S/c1-5-25(6-2)21(19-10-8-7-9-11-19)16-23-22(26)17-24(4)29(27,28)20-14-12-18(3)13-15-20/h7-15,21H,5-6,16-17H2,1-4H3,(H,23,26). The van der Waals surface area contributed by atoms with Gasteiger partial charge in [0.05, 0.1) is 17.5 Å². The molecular formula is C22H31N3O3S. The number of carbonyl (C=O) groups excluding carboxylic acids is 1. The molecule has 6 nitrogen and oxygen atoms in total. The molecule has 0 saturated heterocycles. The monoisotopic (exact) mass is 417 g/mol. The Balaban J connectivity index is 2.03. The van der Waals surface area contributed by atoms with Crippen LogP contribution in [0, 0.1) is 6.92 Å². The molecule has 29 heavy (non-hydrogen) atoms. The second-order valence-electron chi connectivity index (χ2n) is 7.03. The van der Waals surface area contributed by atoms with E-state index in [9.17, 15) is 13.2 Å². The second kappa shape index (κ2) is 10.5. The van der Waals surface area contributed by atoms with Crippen molar-refractivity contribution in [2.45, 2.75) is 31.7 Å². The number of nitrogens with zero attached hydrogens (tertiary/aromatic N) is 2. The molecule has 1 amide bonds. The summed E-state index contributed by atoms with van der Waals surface area (Å²) in [6.07, 6.45) is 0. The highest BCUT2D eigenvalue weighted by Gasteiger charge is 2.24. The molecule has 0 aliphatic carbocycles. The molecule has 0 heterocycles. The number of aryl methyl sites for hydroxylation is 1. The first kappa shape index (κ1) is 23.1. The number of hydrogen-bond acceptors (Lipinski definition) is 4. The molecule has 0 spiro atoms. The van der Waals surface area contributed by atoms with Crippen LogP contribution in [0.2, 0.25) is 0 Å². The highest BCUT2D eigenvalue weighted by atomic mass is 32.2. The van der Waals surface area contributed by atoms with E-state index in [-0.39, 0.29) is 23.4 Å². The van der Waals surface area contributed by atoms with Crippen molar-refractivity contribution in [2.75, 3.05) is 33.2 Å². The summed E-state index contributed by atoms with van der Waals surface area (Å²) in [5, 5.41) is 2.91. The van der Waals surface area contributed by atoms with Crippen LogP contribution in [-0.4, -0.2) is 56.8 Å². The summed E-state index contributed by atoms with van der Waals surface area (Å²) in [6, 6.07) is 16.7. The van der Waals surface area contributed by atoms with E-state index >= 15 is 0 Å². The Labute approximate surface area is 174 Å². The van der Waals surface area contributed by atoms with Gasteiger partial charge in [0.15, 0.2) is 0 Å². The minimum Gasteiger partial charge on any atom is -0.353 e. The summed E-state index contributed by atoms with van der Waals surface area (Å²) in [4.78, 5) is 14.9. The summed E-state index contributed by atoms with van der Waals surface area (Å²) in [6.45, 7) is 7.97. The van der Waals surface area contributed by atoms with Crippen LogP contribution in [0.1, 0.15) is 31.0 Å². The van der Waals surface area contributed by atoms with Crippen molar-refractivity contribution in [2.24, 2.45) is 0 Å². The number of nitrogens with one attached hydrogen (secondary N) is 1. The van der Waals surface area contributed by atoms with Crippen molar-refractivity contribution in [3.05, 3.63) is 65.7 Å². The van der Waals surface area contributed by atoms with Gasteiger partial charge in [-0.2, -0.15) is 4.31 Å². The van der Waals surface area contributed by atoms with Gasteiger partial charge in [-0.3, -0.25) is 9.69 Å². The molecule has 0 aromatic heterocycles. The molecule has 1 unspecified atom stereocenters. The number of amides is 1. The van der Waals surface area contributed by atoms with Gasteiger partial charge in [-0.1, -0.05) is 61.9 Å². The van der Waals surface area contributed by atoms with Crippen LogP contribution in [0.3, 0.4) is 0 Å². The summed E-state index contributed by atoms with van der Waals surface area (Å²) in [5.74, 6) is -0.323. The molecule has 0 aliphatic rings. The quantitative estimate of drug-likeness (QED) is 0.645. The zero-order chi connectivity index (χ0) is 21.4. The van der Waals surface area contributed by atoms with E-state index in [2.05, 4.69) is 24.1 Å². The lowest BCUT2D eigenvalue weighted by Gasteiger charge is -2.30. The third-order valence-electron chi connectivity index (χ3n) is 5.03. The summed E-state index contributed by atoms with van der Waals surface area (Å²) < 4.78 is 26.4. The summed E-state index contributed by atoms with van der Waals surface area (Å²) >= 11 is 0. The van der Waals surface area contributed by atoms with Crippen molar-refractivity contribution in [3.8, 4) is 0 Å². The van der Waals surface area contributed by atoms with Crippen LogP contribution in [0.25, 0.3) is 0 Å². The Morgan fingerprint density at radius 3 is 2.14 bits per heavy atom. The van der Waals surface area contributed by atoms with Crippen LogP contribution in [0.15, 0.2) is 59.5 Å². The predicted octanol–water partition coefficient (Wildman–Crippen LogP) is 2.81. The fourth-order valence-electron chi connectivity index (χ4n) is 3.24. The van der Waals surface area contributed by atoms with Crippen molar-refractivity contribution in [1.29, 1.82) is 0 Å². The fraction of sp³-hybridized carbons (Fsp3) is 0.409. The Kier molecular flexibility index (Phi) is 8.37. The normalized spacial score (nSPS) is 12.9. The number of rotatable bonds is 10. The lowest BCUT2D eigenvalue weighted by molar-refractivity contribution is -0.121. The molecule has 2 aromatic carbocycles. The minimum atomic E-state index is -3.71. The molecule has 0 aliphatic heterocycles. The summed E-state index contributed by atoms with van der Waals surface area (Å²) in [5.41, 5.74) is 2.10. The minimum absolute atomic E-state index is 0.0363. The average molecular weight is 418 g/mol. The van der Waals surface area contributed by atoms with Gasteiger partial charge in [-0.15, -0.1) is 0 Å². The molecule has 0 bridgehead atoms. The van der Waals surface area contributed by atoms with Gasteiger partial charge in [-0.05, 0) is 37.7 Å². The Bertz CT molecular complexity index is 879. The highest BCUT2D eigenvalue weighted by Crippen LogP contribution is 2.19. The number of sulfonamides is 1. The molecule has 158 valence electrons. The van der Waals surface area contributed by atoms with Crippen LogP contribution < -0.4 is 5.32 Å². The molecule has 2 rings (SSSR count). The molecule has 0 radical (unpaired) electrons. The molecular weight excluding hydrogens is 386 g/mol. The number of likely N-dealkylation sites (N-methyl/N-ethyl adjacent to an activating group) is 2. The van der Waals surface area contributed by atoms with Gasteiger partial charge in [0.2, 0.25) is 15.9 Å². The lowest BCUT2D eigenvalue weighted by atomic mass is 10.1. The maximum atomic E-state index is 12.7. The van der Waals surface area contributed by atoms with Crippen LogP contribution in [0.5, 0.6) is 0 Å². The number of carbonyl (C=O) groups is 1. The third-order valence-corrected chi connectivity index (χ3v) is 6.84. The Hall–Kier alpha value is -2.22. The topological polar surface area (TPSA) is 69.7 Å². The first-order chi connectivity index (χ1) is 13.8. The second-order valence-corrected chi connectivity index (χ2v) is 9.07. The first-order valence-corrected chi connectivity index (χ1v) is 11.3. The van der Waals surface area contributed by atoms with Gasteiger partial charge in [0.25, 0.3) is 0 Å². The van der Waals surface area contributed by atoms with Gasteiger partial charge < -0.3 is 5.32 Å². The zero-order valence-electron chi connectivity index (χ0n) is 17.6. The van der Waals surface area contributed by atoms with E-state index in [0.29, 0.717) is 6.54 Å². The van der Waals surface area contributed by atoms with Gasteiger partial charge in [0.1, 0.15) is 0 Å². The van der Waals surface area contributed by atoms with E-state index in [0.717, 1.165) is 28.5 Å². The van der Waals surface area contributed by atoms with Crippen molar-refractivity contribution in [1.82, 2.24) is 14.5 Å². The smallest absolute Gasteiger partial charge is 0.243 e. The number of hydrogen-bond donors (Lipinski definition) is 1. The molecule has 0 fully saturated rings. The Morgan fingerprint density at radius 1 is 1.00 bits per heavy atom. The van der Waals surface area contributed by atoms with Crippen LogP contribution in [-0.2, 0) is 14.8 Å². The molecule has 7 heteroatoms. The van der Waals surface area contributed by atoms with E-state index in [1.54, 1.807) is 24.3 Å². The first-order valence-electron chi connectivity index (χ1n) is 9.88. The van der Waals surface area contributed by atoms with E-state index < -0.39 is 10.0 Å². The SMILES string of the molecule is CCN(CC)C(CNC(=O)CN(C)S(=O)(=O)c1ccc(C)cc1)c1ccccc1. The predicted molar refractivity (Wildman–Crippen MR) is 116 cm³/mol. The fourth-order valence-corrected chi connectivity index (χ4v) is 4.37. The van der Waals surface area contributed by atoms with Crippen molar-refractivity contribution >= 4 is 15.9 Å². The van der Waals surface area contributed by atoms with Gasteiger partial charge in [-0.25, -0.2) is 8.42 Å². The number of benzene rings is 2. The molecule has 0 saturated carbocycles. The van der Waals surface area contributed by atoms with E-state index in [1.807, 2.05) is 37.3 Å². The van der Waals surface area contributed by atoms with Crippen molar-refractivity contribution in [3.63, 3.8) is 0 Å². The largest absolute Gasteiger partial charge is 0.353 e. The van der Waals surface area contributed by atoms with E-state index in [1.165, 1.54) is 7.05 Å². The van der Waals surface area contributed by atoms with E-state index in [4.69, 9.17) is 0 Å². The Morgan fingerprint density at radius 2 is 1.59 bits per heavy atom. The molecule has 2 aromatic rings. The van der Waals surface area contributed by atoms with Gasteiger partial charge >= 0.3 is 0 Å². The lowest BCUT2D eigenvalue weighted by Crippen LogP contribution is -2.42. The summed E-state index contributed by atoms with van der Waals surface area (Å²) in [7, 11) is -2.28. The van der Waals surface area contributed by atoms with Gasteiger partial charge in [0, 0.05) is 13.6 Å². The van der Waals surface area contributed by atoms with Crippen LogP contribution >= 0.6 is 0 Å². The van der Waals surface area contributed by atoms with Crippen molar-refractivity contribution < 1.29 is 13.2 Å². The van der Waals surface area contributed by atoms with Crippen LogP contribution in [0.4, 0.5) is 0 Å². The average Bonchev–Trinajstić information content (AvgIpc) is 2.72. The molecule has 1 atom stereocenters. The molecule has 1 N–H and O–H groups in total. The third kappa shape index (κ3) is 6.13. The maximum Gasteiger partial charge on any atom is 0.243 e. The zero-order valence-corrected chi connectivity index (χ0v) is 18.4. The highest BCUT2D eigenvalue weighted by molar-refractivity contribution is 7.89.